The fourth-order valence-electron chi connectivity index (χ4n) is 2.32. The lowest BCUT2D eigenvalue weighted by atomic mass is 10.1. The van der Waals surface area contributed by atoms with Crippen LogP contribution in [0.3, 0.4) is 0 Å². The van der Waals surface area contributed by atoms with Gasteiger partial charge in [-0.15, -0.1) is 17.9 Å². The summed E-state index contributed by atoms with van der Waals surface area (Å²) in [5.41, 5.74) is 7.46. The fourth-order valence-corrected chi connectivity index (χ4v) is 3.17. The zero-order valence-electron chi connectivity index (χ0n) is 14.3. The molecule has 8 heteroatoms. The number of aromatic hydroxyl groups is 1. The molecular weight excluding hydrogens is 362 g/mol. The van der Waals surface area contributed by atoms with Gasteiger partial charge in [0.1, 0.15) is 5.75 Å². The minimum atomic E-state index is -0.704. The molecule has 2 aromatic heterocycles. The summed E-state index contributed by atoms with van der Waals surface area (Å²) in [7, 11) is 0. The third-order valence-corrected chi connectivity index (χ3v) is 4.45. The number of pyridine rings is 1. The van der Waals surface area contributed by atoms with Crippen LogP contribution >= 0.6 is 11.3 Å². The second-order valence-electron chi connectivity index (χ2n) is 5.44. The SMILES string of the molecule is C=CCN=c1scc(-c2ccc(O)c(C(N)=O)c2)n1N=Cc1ccccn1. The Hall–Kier alpha value is -3.52. The quantitative estimate of drug-likeness (QED) is 0.507. The molecule has 0 saturated heterocycles. The Bertz CT molecular complexity index is 1070. The Kier molecular flexibility index (Phi) is 5.58. The highest BCUT2D eigenvalue weighted by Gasteiger charge is 2.13. The largest absolute Gasteiger partial charge is 0.507 e. The number of hydrogen-bond acceptors (Lipinski definition) is 6. The maximum atomic E-state index is 11.5. The summed E-state index contributed by atoms with van der Waals surface area (Å²) in [6.07, 6.45) is 5.00. The van der Waals surface area contributed by atoms with Gasteiger partial charge in [0.05, 0.1) is 29.7 Å². The molecular formula is C19H17N5O2S. The first kappa shape index (κ1) is 18.3. The van der Waals surface area contributed by atoms with Gasteiger partial charge in [0.15, 0.2) is 0 Å². The average molecular weight is 379 g/mol. The summed E-state index contributed by atoms with van der Waals surface area (Å²) >= 11 is 1.40. The van der Waals surface area contributed by atoms with Crippen molar-refractivity contribution in [1.29, 1.82) is 0 Å². The summed E-state index contributed by atoms with van der Waals surface area (Å²) in [5.74, 6) is -0.869. The van der Waals surface area contributed by atoms with Crippen LogP contribution in [0.2, 0.25) is 0 Å². The molecule has 0 bridgehead atoms. The number of benzene rings is 1. The van der Waals surface area contributed by atoms with Gasteiger partial charge >= 0.3 is 0 Å². The molecule has 3 rings (SSSR count). The number of nitrogens with zero attached hydrogens (tertiary/aromatic N) is 4. The number of thiazole rings is 1. The lowest BCUT2D eigenvalue weighted by Crippen LogP contribution is -2.13. The Morgan fingerprint density at radius 3 is 2.93 bits per heavy atom. The van der Waals surface area contributed by atoms with Crippen LogP contribution in [0.4, 0.5) is 0 Å². The van der Waals surface area contributed by atoms with Gasteiger partial charge in [0.25, 0.3) is 5.91 Å². The van der Waals surface area contributed by atoms with Gasteiger partial charge in [-0.1, -0.05) is 12.1 Å². The Labute approximate surface area is 159 Å². The van der Waals surface area contributed by atoms with Crippen LogP contribution < -0.4 is 10.5 Å². The summed E-state index contributed by atoms with van der Waals surface area (Å²) in [6.45, 7) is 4.12. The predicted octanol–water partition coefficient (Wildman–Crippen LogP) is 2.39. The van der Waals surface area contributed by atoms with Gasteiger partial charge in [-0.05, 0) is 30.3 Å². The third kappa shape index (κ3) is 4.18. The fraction of sp³-hybridized carbons (Fsp3) is 0.0526. The van der Waals surface area contributed by atoms with E-state index in [1.54, 1.807) is 29.2 Å². The molecule has 0 aliphatic heterocycles. The van der Waals surface area contributed by atoms with Crippen molar-refractivity contribution < 1.29 is 9.90 Å². The van der Waals surface area contributed by atoms with Crippen LogP contribution in [0, 0.1) is 0 Å². The number of rotatable bonds is 6. The maximum Gasteiger partial charge on any atom is 0.252 e. The van der Waals surface area contributed by atoms with Crippen molar-refractivity contribution in [2.75, 3.05) is 6.54 Å². The first-order valence-corrected chi connectivity index (χ1v) is 8.88. The maximum absolute atomic E-state index is 11.5. The minimum absolute atomic E-state index is 0.0449. The van der Waals surface area contributed by atoms with Gasteiger partial charge in [-0.2, -0.15) is 5.10 Å². The number of hydrogen-bond donors (Lipinski definition) is 2. The topological polar surface area (TPSA) is 106 Å². The molecule has 0 unspecified atom stereocenters. The monoisotopic (exact) mass is 379 g/mol. The van der Waals surface area contributed by atoms with Gasteiger partial charge in [0, 0.05) is 17.1 Å². The summed E-state index contributed by atoms with van der Waals surface area (Å²) in [6, 6.07) is 10.2. The van der Waals surface area contributed by atoms with Crippen molar-refractivity contribution in [1.82, 2.24) is 9.66 Å². The Balaban J connectivity index is 2.12. The molecule has 27 heavy (non-hydrogen) atoms. The molecule has 3 N–H and O–H groups in total. The molecule has 0 aliphatic carbocycles. The van der Waals surface area contributed by atoms with Crippen LogP contribution in [-0.2, 0) is 0 Å². The highest BCUT2D eigenvalue weighted by molar-refractivity contribution is 7.07. The third-order valence-electron chi connectivity index (χ3n) is 3.59. The van der Waals surface area contributed by atoms with Crippen molar-refractivity contribution in [3.63, 3.8) is 0 Å². The van der Waals surface area contributed by atoms with E-state index in [9.17, 15) is 9.90 Å². The zero-order valence-corrected chi connectivity index (χ0v) is 15.1. The van der Waals surface area contributed by atoms with Crippen LogP contribution in [-0.4, -0.2) is 33.4 Å². The van der Waals surface area contributed by atoms with Crippen molar-refractivity contribution in [3.05, 3.63) is 76.7 Å². The molecule has 0 radical (unpaired) electrons. The van der Waals surface area contributed by atoms with Crippen molar-refractivity contribution in [3.8, 4) is 17.0 Å². The van der Waals surface area contributed by atoms with Gasteiger partial charge in [-0.3, -0.25) is 14.8 Å². The molecule has 136 valence electrons. The highest BCUT2D eigenvalue weighted by Crippen LogP contribution is 2.26. The lowest BCUT2D eigenvalue weighted by Gasteiger charge is -2.06. The Morgan fingerprint density at radius 1 is 1.37 bits per heavy atom. The van der Waals surface area contributed by atoms with E-state index >= 15 is 0 Å². The number of aromatic nitrogens is 2. The number of carbonyl (C=O) groups excluding carboxylic acids is 1. The summed E-state index contributed by atoms with van der Waals surface area (Å²) in [5, 5.41) is 16.2. The van der Waals surface area contributed by atoms with E-state index in [1.807, 2.05) is 23.6 Å². The molecule has 0 atom stereocenters. The zero-order chi connectivity index (χ0) is 19.2. The van der Waals surface area contributed by atoms with E-state index in [-0.39, 0.29) is 11.3 Å². The predicted molar refractivity (Wildman–Crippen MR) is 106 cm³/mol. The molecule has 0 aliphatic rings. The second-order valence-corrected chi connectivity index (χ2v) is 6.28. The van der Waals surface area contributed by atoms with E-state index in [0.29, 0.717) is 28.3 Å². The van der Waals surface area contributed by atoms with E-state index in [2.05, 4.69) is 21.7 Å². The minimum Gasteiger partial charge on any atom is -0.507 e. The molecule has 0 fully saturated rings. The molecule has 0 spiro atoms. The van der Waals surface area contributed by atoms with Gasteiger partial charge in [0.2, 0.25) is 4.80 Å². The van der Waals surface area contributed by atoms with Crippen LogP contribution in [0.5, 0.6) is 5.75 Å². The van der Waals surface area contributed by atoms with Crippen LogP contribution in [0.1, 0.15) is 16.1 Å². The normalized spacial score (nSPS) is 11.8. The number of carbonyl (C=O) groups is 1. The first-order valence-electron chi connectivity index (χ1n) is 8.00. The number of phenols is 1. The second kappa shape index (κ2) is 8.24. The standard InChI is InChI=1S/C19H17N5O2S/c1-2-8-22-19-24(23-11-14-5-3-4-9-21-14)16(12-27-19)13-6-7-17(25)15(10-13)18(20)26/h2-7,9-12,25H,1,8H2,(H2,20,26). The van der Waals surface area contributed by atoms with E-state index in [4.69, 9.17) is 5.73 Å². The van der Waals surface area contributed by atoms with Crippen molar-refractivity contribution >= 4 is 23.5 Å². The van der Waals surface area contributed by atoms with E-state index in [1.165, 1.54) is 23.5 Å². The Morgan fingerprint density at radius 2 is 2.22 bits per heavy atom. The van der Waals surface area contributed by atoms with E-state index in [0.717, 1.165) is 0 Å². The van der Waals surface area contributed by atoms with Crippen LogP contribution in [0.25, 0.3) is 11.3 Å². The van der Waals surface area contributed by atoms with E-state index < -0.39 is 5.91 Å². The molecule has 2 heterocycles. The first-order chi connectivity index (χ1) is 13.1. The smallest absolute Gasteiger partial charge is 0.252 e. The lowest BCUT2D eigenvalue weighted by molar-refractivity contribution is 0.0998. The number of amides is 1. The van der Waals surface area contributed by atoms with Gasteiger partial charge in [-0.25, -0.2) is 4.68 Å². The molecule has 1 aromatic carbocycles. The molecule has 7 nitrogen and oxygen atoms in total. The number of nitrogens with two attached hydrogens (primary N) is 1. The summed E-state index contributed by atoms with van der Waals surface area (Å²) in [4.78, 5) is 20.9. The van der Waals surface area contributed by atoms with Gasteiger partial charge < -0.3 is 10.8 Å². The van der Waals surface area contributed by atoms with Crippen molar-refractivity contribution in [2.45, 2.75) is 0 Å². The average Bonchev–Trinajstić information content (AvgIpc) is 3.08. The van der Waals surface area contributed by atoms with Crippen LogP contribution in [0.15, 0.2) is 70.7 Å². The van der Waals surface area contributed by atoms with Crippen molar-refractivity contribution in [2.24, 2.45) is 15.8 Å². The highest BCUT2D eigenvalue weighted by atomic mass is 32.1. The molecule has 1 amide bonds. The molecule has 0 saturated carbocycles. The molecule has 3 aromatic rings. The number of primary amides is 1. The summed E-state index contributed by atoms with van der Waals surface area (Å²) < 4.78 is 1.65.